The molecular weight excluding hydrogens is 178 g/mol. The maximum absolute atomic E-state index is 10.7. The maximum Gasteiger partial charge on any atom is 0.407 e. The van der Waals surface area contributed by atoms with Crippen LogP contribution in [-0.2, 0) is 14.3 Å². The van der Waals surface area contributed by atoms with E-state index < -0.39 is 12.2 Å². The third kappa shape index (κ3) is 6.06. The quantitative estimate of drug-likeness (QED) is 0.521. The van der Waals surface area contributed by atoms with Crippen LogP contribution in [0.5, 0.6) is 0 Å². The normalized spacial score (nSPS) is 11.8. The second-order valence-electron chi connectivity index (χ2n) is 2.19. The SMILES string of the molecule is COC(CO)COC(=O)NCC=O. The average molecular weight is 191 g/mol. The van der Waals surface area contributed by atoms with Crippen molar-refractivity contribution in [1.82, 2.24) is 5.32 Å². The highest BCUT2D eigenvalue weighted by Crippen LogP contribution is 1.89. The first-order valence-electron chi connectivity index (χ1n) is 3.72. The second kappa shape index (κ2) is 7.51. The Morgan fingerprint density at radius 3 is 2.85 bits per heavy atom. The van der Waals surface area contributed by atoms with E-state index in [4.69, 9.17) is 9.84 Å². The van der Waals surface area contributed by atoms with Crippen LogP contribution in [0.2, 0.25) is 0 Å². The fourth-order valence-electron chi connectivity index (χ4n) is 0.540. The highest BCUT2D eigenvalue weighted by Gasteiger charge is 2.08. The number of ether oxygens (including phenoxy) is 2. The lowest BCUT2D eigenvalue weighted by Gasteiger charge is -2.12. The summed E-state index contributed by atoms with van der Waals surface area (Å²) in [5.74, 6) is 0. The lowest BCUT2D eigenvalue weighted by molar-refractivity contribution is -0.107. The Morgan fingerprint density at radius 2 is 2.38 bits per heavy atom. The Balaban J connectivity index is 3.49. The molecular formula is C7H13NO5. The number of rotatable bonds is 6. The first-order chi connectivity index (χ1) is 6.24. The maximum atomic E-state index is 10.7. The number of aliphatic hydroxyl groups is 1. The van der Waals surface area contributed by atoms with Crippen molar-refractivity contribution in [2.24, 2.45) is 0 Å². The molecule has 6 nitrogen and oxygen atoms in total. The number of hydrogen-bond acceptors (Lipinski definition) is 5. The Bertz CT molecular complexity index is 157. The predicted octanol–water partition coefficient (Wildman–Crippen LogP) is -1.08. The molecule has 1 amide bonds. The van der Waals surface area contributed by atoms with Crippen LogP contribution in [0.25, 0.3) is 0 Å². The van der Waals surface area contributed by atoms with Gasteiger partial charge in [-0.2, -0.15) is 0 Å². The van der Waals surface area contributed by atoms with Crippen molar-refractivity contribution >= 4 is 12.4 Å². The predicted molar refractivity (Wildman–Crippen MR) is 43.3 cm³/mol. The standard InChI is InChI=1S/C7H13NO5/c1-12-6(4-10)5-13-7(11)8-2-3-9/h3,6,10H,2,4-5H2,1H3,(H,8,11). The molecule has 0 spiro atoms. The number of aliphatic hydroxyl groups excluding tert-OH is 1. The van der Waals surface area contributed by atoms with Gasteiger partial charge in [0.1, 0.15) is 19.0 Å². The third-order valence-corrected chi connectivity index (χ3v) is 1.27. The topological polar surface area (TPSA) is 84.9 Å². The minimum absolute atomic E-state index is 0.0440. The van der Waals surface area contributed by atoms with E-state index >= 15 is 0 Å². The lowest BCUT2D eigenvalue weighted by atomic mass is 10.4. The van der Waals surface area contributed by atoms with Crippen LogP contribution < -0.4 is 5.32 Å². The molecule has 0 heterocycles. The Morgan fingerprint density at radius 1 is 1.69 bits per heavy atom. The average Bonchev–Trinajstić information content (AvgIpc) is 2.16. The van der Waals surface area contributed by atoms with Gasteiger partial charge in [0.2, 0.25) is 0 Å². The van der Waals surface area contributed by atoms with Crippen LogP contribution in [0.3, 0.4) is 0 Å². The van der Waals surface area contributed by atoms with Crippen LogP contribution in [-0.4, -0.2) is 50.5 Å². The fraction of sp³-hybridized carbons (Fsp3) is 0.714. The molecule has 1 unspecified atom stereocenters. The largest absolute Gasteiger partial charge is 0.447 e. The van der Waals surface area contributed by atoms with Crippen molar-refractivity contribution in [3.05, 3.63) is 0 Å². The van der Waals surface area contributed by atoms with E-state index in [0.717, 1.165) is 0 Å². The summed E-state index contributed by atoms with van der Waals surface area (Å²) < 4.78 is 9.32. The number of nitrogens with one attached hydrogen (secondary N) is 1. The van der Waals surface area contributed by atoms with Gasteiger partial charge in [-0.1, -0.05) is 0 Å². The first kappa shape index (κ1) is 11.9. The highest BCUT2D eigenvalue weighted by atomic mass is 16.6. The molecule has 0 aromatic rings. The molecule has 0 aromatic heterocycles. The summed E-state index contributed by atoms with van der Waals surface area (Å²) in [6.07, 6.45) is -0.689. The van der Waals surface area contributed by atoms with Crippen LogP contribution in [0.15, 0.2) is 0 Å². The molecule has 13 heavy (non-hydrogen) atoms. The van der Waals surface area contributed by atoms with Crippen molar-refractivity contribution in [1.29, 1.82) is 0 Å². The van der Waals surface area contributed by atoms with Gasteiger partial charge in [-0.05, 0) is 0 Å². The summed E-state index contributed by atoms with van der Waals surface area (Å²) in [5, 5.41) is 10.8. The van der Waals surface area contributed by atoms with E-state index in [2.05, 4.69) is 10.1 Å². The van der Waals surface area contributed by atoms with Gasteiger partial charge in [0.05, 0.1) is 13.2 Å². The number of alkyl carbamates (subject to hydrolysis) is 1. The number of aldehydes is 1. The van der Waals surface area contributed by atoms with E-state index in [-0.39, 0.29) is 19.8 Å². The summed E-state index contributed by atoms with van der Waals surface area (Å²) in [6, 6.07) is 0. The zero-order valence-electron chi connectivity index (χ0n) is 7.36. The number of carbonyl (C=O) groups excluding carboxylic acids is 2. The van der Waals surface area contributed by atoms with Crippen LogP contribution in [0, 0.1) is 0 Å². The fourth-order valence-corrected chi connectivity index (χ4v) is 0.540. The molecule has 0 fully saturated rings. The van der Waals surface area contributed by atoms with Crippen LogP contribution in [0.1, 0.15) is 0 Å². The Kier molecular flexibility index (Phi) is 6.85. The molecule has 0 bridgehead atoms. The van der Waals surface area contributed by atoms with Gasteiger partial charge < -0.3 is 24.7 Å². The molecule has 0 saturated heterocycles. The molecule has 0 rings (SSSR count). The van der Waals surface area contributed by atoms with Crippen molar-refractivity contribution in [2.75, 3.05) is 26.9 Å². The van der Waals surface area contributed by atoms with Crippen molar-refractivity contribution in [3.8, 4) is 0 Å². The molecule has 6 heteroatoms. The summed E-state index contributed by atoms with van der Waals surface area (Å²) >= 11 is 0. The number of carbonyl (C=O) groups is 2. The molecule has 0 aromatic carbocycles. The molecule has 0 radical (unpaired) electrons. The van der Waals surface area contributed by atoms with E-state index in [9.17, 15) is 9.59 Å². The third-order valence-electron chi connectivity index (χ3n) is 1.27. The van der Waals surface area contributed by atoms with Gasteiger partial charge >= 0.3 is 6.09 Å². The summed E-state index contributed by atoms with van der Waals surface area (Å²) in [7, 11) is 1.40. The minimum atomic E-state index is -0.706. The number of hydrogen-bond donors (Lipinski definition) is 2. The molecule has 0 aliphatic rings. The van der Waals surface area contributed by atoms with E-state index in [0.29, 0.717) is 6.29 Å². The molecule has 0 aliphatic carbocycles. The lowest BCUT2D eigenvalue weighted by Crippen LogP contribution is -2.31. The van der Waals surface area contributed by atoms with Crippen molar-refractivity contribution in [3.63, 3.8) is 0 Å². The Hall–Kier alpha value is -1.14. The van der Waals surface area contributed by atoms with E-state index in [1.807, 2.05) is 0 Å². The summed E-state index contributed by atoms with van der Waals surface area (Å²) in [6.45, 7) is -0.356. The summed E-state index contributed by atoms with van der Waals surface area (Å²) in [5.41, 5.74) is 0. The van der Waals surface area contributed by atoms with Gasteiger partial charge in [-0.3, -0.25) is 0 Å². The molecule has 76 valence electrons. The summed E-state index contributed by atoms with van der Waals surface area (Å²) in [4.78, 5) is 20.5. The number of methoxy groups -OCH3 is 1. The van der Waals surface area contributed by atoms with Crippen molar-refractivity contribution in [2.45, 2.75) is 6.10 Å². The molecule has 0 saturated carbocycles. The van der Waals surface area contributed by atoms with Gasteiger partial charge in [0.15, 0.2) is 0 Å². The van der Waals surface area contributed by atoms with Gasteiger partial charge in [0.25, 0.3) is 0 Å². The van der Waals surface area contributed by atoms with E-state index in [1.165, 1.54) is 7.11 Å². The van der Waals surface area contributed by atoms with Gasteiger partial charge in [-0.25, -0.2) is 4.79 Å². The molecule has 1 atom stereocenters. The second-order valence-corrected chi connectivity index (χ2v) is 2.19. The molecule has 2 N–H and O–H groups in total. The van der Waals surface area contributed by atoms with Crippen LogP contribution >= 0.6 is 0 Å². The smallest absolute Gasteiger partial charge is 0.407 e. The van der Waals surface area contributed by atoms with Gasteiger partial charge in [-0.15, -0.1) is 0 Å². The first-order valence-corrected chi connectivity index (χ1v) is 3.72. The van der Waals surface area contributed by atoms with E-state index in [1.54, 1.807) is 0 Å². The Labute approximate surface area is 75.8 Å². The highest BCUT2D eigenvalue weighted by molar-refractivity contribution is 5.70. The van der Waals surface area contributed by atoms with Crippen LogP contribution in [0.4, 0.5) is 4.79 Å². The number of amides is 1. The minimum Gasteiger partial charge on any atom is -0.447 e. The van der Waals surface area contributed by atoms with Gasteiger partial charge in [0, 0.05) is 7.11 Å². The zero-order chi connectivity index (χ0) is 10.1. The molecule has 0 aliphatic heterocycles. The zero-order valence-corrected chi connectivity index (χ0v) is 7.36. The van der Waals surface area contributed by atoms with Crippen molar-refractivity contribution < 1.29 is 24.2 Å². The monoisotopic (exact) mass is 191 g/mol.